The first-order valence-electron chi connectivity index (χ1n) is 5.56. The maximum absolute atomic E-state index is 5.24. The molecular weight excluding hydrogens is 160 g/mol. The van der Waals surface area contributed by atoms with Gasteiger partial charge >= 0.3 is 0 Å². The van der Waals surface area contributed by atoms with Crippen LogP contribution in [-0.2, 0) is 4.74 Å². The molecule has 13 heavy (non-hydrogen) atoms. The van der Waals surface area contributed by atoms with Gasteiger partial charge in [0.1, 0.15) is 0 Å². The van der Waals surface area contributed by atoms with Gasteiger partial charge in [-0.2, -0.15) is 0 Å². The van der Waals surface area contributed by atoms with Gasteiger partial charge in [-0.05, 0) is 31.6 Å². The number of hydrogen-bond acceptors (Lipinski definition) is 1. The fraction of sp³-hybridized carbons (Fsp3) is 0.833. The highest BCUT2D eigenvalue weighted by molar-refractivity contribution is 4.94. The summed E-state index contributed by atoms with van der Waals surface area (Å²) in [6.07, 6.45) is 13.0. The lowest BCUT2D eigenvalue weighted by atomic mass is 10.2. The van der Waals surface area contributed by atoms with Crippen LogP contribution in [0.15, 0.2) is 12.2 Å². The Balaban J connectivity index is 1.88. The zero-order valence-corrected chi connectivity index (χ0v) is 8.96. The number of ether oxygens (including phenoxy) is 1. The largest absolute Gasteiger partial charge is 0.381 e. The molecule has 1 saturated carbocycles. The zero-order chi connectivity index (χ0) is 9.52. The lowest BCUT2D eigenvalue weighted by molar-refractivity contribution is 0.169. The summed E-state index contributed by atoms with van der Waals surface area (Å²) in [7, 11) is 1.82. The summed E-state index contributed by atoms with van der Waals surface area (Å²) in [5.41, 5.74) is 0. The predicted molar refractivity (Wildman–Crippen MR) is 56.8 cm³/mol. The number of unbranched alkanes of at least 4 members (excludes halogenated alkanes) is 3. The molecule has 0 radical (unpaired) electrons. The Bertz CT molecular complexity index is 151. The summed E-state index contributed by atoms with van der Waals surface area (Å²) >= 11 is 0. The molecule has 0 aromatic heterocycles. The Hall–Kier alpha value is -0.300. The summed E-state index contributed by atoms with van der Waals surface area (Å²) in [5.74, 6) is 0.826. The highest BCUT2D eigenvalue weighted by Crippen LogP contribution is 2.36. The molecule has 0 saturated heterocycles. The van der Waals surface area contributed by atoms with Crippen LogP contribution in [-0.4, -0.2) is 13.2 Å². The van der Waals surface area contributed by atoms with Crippen molar-refractivity contribution in [1.82, 2.24) is 0 Å². The Kier molecular flexibility index (Phi) is 5.14. The average Bonchev–Trinajstić information content (AvgIpc) is 2.90. The van der Waals surface area contributed by atoms with Crippen LogP contribution in [0.4, 0.5) is 0 Å². The monoisotopic (exact) mass is 182 g/mol. The van der Waals surface area contributed by atoms with Crippen LogP contribution in [0.1, 0.15) is 45.4 Å². The van der Waals surface area contributed by atoms with Crippen LogP contribution in [0.2, 0.25) is 0 Å². The number of allylic oxidation sites excluding steroid dienone is 2. The van der Waals surface area contributed by atoms with E-state index in [4.69, 9.17) is 4.74 Å². The molecule has 1 rings (SSSR count). The standard InChI is InChI=1S/C12H22O/c1-3-4-5-6-7-8-9-11-10-12(11)13-2/h7-8,11-12H,3-6,9-10H2,1-2H3/b8-7+. The van der Waals surface area contributed by atoms with Crippen molar-refractivity contribution >= 4 is 0 Å². The first-order chi connectivity index (χ1) is 6.38. The molecule has 1 nitrogen and oxygen atoms in total. The average molecular weight is 182 g/mol. The smallest absolute Gasteiger partial charge is 0.0607 e. The number of rotatable bonds is 7. The summed E-state index contributed by atoms with van der Waals surface area (Å²) in [6, 6.07) is 0. The van der Waals surface area contributed by atoms with Crippen molar-refractivity contribution in [3.05, 3.63) is 12.2 Å². The molecule has 0 aromatic rings. The summed E-state index contributed by atoms with van der Waals surface area (Å²) in [6.45, 7) is 2.25. The van der Waals surface area contributed by atoms with Crippen LogP contribution in [0.25, 0.3) is 0 Å². The van der Waals surface area contributed by atoms with Crippen molar-refractivity contribution in [3.63, 3.8) is 0 Å². The molecule has 0 heterocycles. The van der Waals surface area contributed by atoms with Crippen LogP contribution in [0.3, 0.4) is 0 Å². The van der Waals surface area contributed by atoms with Gasteiger partial charge < -0.3 is 4.74 Å². The van der Waals surface area contributed by atoms with E-state index >= 15 is 0 Å². The second-order valence-electron chi connectivity index (χ2n) is 3.97. The molecule has 1 aliphatic carbocycles. The highest BCUT2D eigenvalue weighted by atomic mass is 16.5. The molecule has 1 aliphatic rings. The molecule has 0 N–H and O–H groups in total. The molecule has 0 bridgehead atoms. The van der Waals surface area contributed by atoms with E-state index in [1.807, 2.05) is 7.11 Å². The molecule has 2 unspecified atom stereocenters. The van der Waals surface area contributed by atoms with Crippen LogP contribution < -0.4 is 0 Å². The lowest BCUT2D eigenvalue weighted by Crippen LogP contribution is -1.89. The van der Waals surface area contributed by atoms with Crippen molar-refractivity contribution in [2.24, 2.45) is 5.92 Å². The van der Waals surface area contributed by atoms with Gasteiger partial charge in [-0.3, -0.25) is 0 Å². The van der Waals surface area contributed by atoms with Gasteiger partial charge in [0.05, 0.1) is 6.10 Å². The number of methoxy groups -OCH3 is 1. The van der Waals surface area contributed by atoms with Gasteiger partial charge in [0.2, 0.25) is 0 Å². The van der Waals surface area contributed by atoms with E-state index in [9.17, 15) is 0 Å². The van der Waals surface area contributed by atoms with E-state index in [-0.39, 0.29) is 0 Å². The highest BCUT2D eigenvalue weighted by Gasteiger charge is 2.35. The summed E-state index contributed by atoms with van der Waals surface area (Å²) < 4.78 is 5.24. The van der Waals surface area contributed by atoms with Crippen LogP contribution in [0, 0.1) is 5.92 Å². The second kappa shape index (κ2) is 6.20. The molecule has 1 heteroatoms. The van der Waals surface area contributed by atoms with E-state index in [2.05, 4.69) is 19.1 Å². The normalized spacial score (nSPS) is 26.9. The third kappa shape index (κ3) is 4.47. The topological polar surface area (TPSA) is 9.23 Å². The maximum atomic E-state index is 5.24. The molecule has 0 aromatic carbocycles. The van der Waals surface area contributed by atoms with E-state index in [0.717, 1.165) is 5.92 Å². The SMILES string of the molecule is CCCCC/C=C/CC1CC1OC. The van der Waals surface area contributed by atoms with E-state index in [1.165, 1.54) is 38.5 Å². The summed E-state index contributed by atoms with van der Waals surface area (Å²) in [4.78, 5) is 0. The van der Waals surface area contributed by atoms with Gasteiger partial charge in [-0.25, -0.2) is 0 Å². The van der Waals surface area contributed by atoms with Gasteiger partial charge in [0, 0.05) is 7.11 Å². The Morgan fingerprint density at radius 2 is 2.15 bits per heavy atom. The summed E-state index contributed by atoms with van der Waals surface area (Å²) in [5, 5.41) is 0. The number of hydrogen-bond donors (Lipinski definition) is 0. The lowest BCUT2D eigenvalue weighted by Gasteiger charge is -1.93. The minimum Gasteiger partial charge on any atom is -0.381 e. The van der Waals surface area contributed by atoms with Crippen molar-refractivity contribution < 1.29 is 4.74 Å². The fourth-order valence-electron chi connectivity index (χ4n) is 1.66. The van der Waals surface area contributed by atoms with Crippen molar-refractivity contribution in [2.75, 3.05) is 7.11 Å². The minimum absolute atomic E-state index is 0.570. The molecule has 0 aliphatic heterocycles. The van der Waals surface area contributed by atoms with E-state index in [1.54, 1.807) is 0 Å². The quantitative estimate of drug-likeness (QED) is 0.432. The third-order valence-electron chi connectivity index (χ3n) is 2.74. The first kappa shape index (κ1) is 10.8. The molecule has 1 fully saturated rings. The van der Waals surface area contributed by atoms with Gasteiger partial charge in [0.15, 0.2) is 0 Å². The first-order valence-corrected chi connectivity index (χ1v) is 5.56. The van der Waals surface area contributed by atoms with Crippen molar-refractivity contribution in [1.29, 1.82) is 0 Å². The van der Waals surface area contributed by atoms with Gasteiger partial charge in [-0.15, -0.1) is 0 Å². The second-order valence-corrected chi connectivity index (χ2v) is 3.97. The Labute approximate surface area is 82.2 Å². The third-order valence-corrected chi connectivity index (χ3v) is 2.74. The molecule has 2 atom stereocenters. The van der Waals surface area contributed by atoms with Gasteiger partial charge in [0.25, 0.3) is 0 Å². The Morgan fingerprint density at radius 1 is 1.31 bits per heavy atom. The van der Waals surface area contributed by atoms with Crippen molar-refractivity contribution in [2.45, 2.75) is 51.6 Å². The zero-order valence-electron chi connectivity index (χ0n) is 8.96. The molecule has 76 valence electrons. The van der Waals surface area contributed by atoms with Crippen LogP contribution in [0.5, 0.6) is 0 Å². The van der Waals surface area contributed by atoms with Crippen LogP contribution >= 0.6 is 0 Å². The Morgan fingerprint density at radius 3 is 2.77 bits per heavy atom. The van der Waals surface area contributed by atoms with Crippen molar-refractivity contribution in [3.8, 4) is 0 Å². The van der Waals surface area contributed by atoms with Gasteiger partial charge in [-0.1, -0.05) is 31.9 Å². The molecule has 0 spiro atoms. The minimum atomic E-state index is 0.570. The maximum Gasteiger partial charge on any atom is 0.0607 e. The van der Waals surface area contributed by atoms with E-state index < -0.39 is 0 Å². The fourth-order valence-corrected chi connectivity index (χ4v) is 1.66. The molecular formula is C12H22O. The van der Waals surface area contributed by atoms with E-state index in [0.29, 0.717) is 6.10 Å². The molecule has 0 amide bonds. The predicted octanol–water partition coefficient (Wildman–Crippen LogP) is 3.55.